The summed E-state index contributed by atoms with van der Waals surface area (Å²) in [5, 5.41) is 14.0. The van der Waals surface area contributed by atoms with Crippen LogP contribution in [0.4, 0.5) is 10.8 Å². The molecule has 4 rings (SSSR count). The first-order chi connectivity index (χ1) is 15.5. The number of thiophene rings is 1. The van der Waals surface area contributed by atoms with Crippen molar-refractivity contribution in [3.63, 3.8) is 0 Å². The zero-order valence-corrected chi connectivity index (χ0v) is 19.4. The number of benzene rings is 1. The average Bonchev–Trinajstić information content (AvgIpc) is 2.91. The summed E-state index contributed by atoms with van der Waals surface area (Å²) in [4.78, 5) is 29.9. The van der Waals surface area contributed by atoms with Crippen LogP contribution in [-0.2, 0) is 17.6 Å². The molecule has 0 saturated carbocycles. The molecule has 7 nitrogen and oxygen atoms in total. The van der Waals surface area contributed by atoms with Crippen LogP contribution >= 0.6 is 34.7 Å². The van der Waals surface area contributed by atoms with Crippen LogP contribution in [0.25, 0.3) is 5.69 Å². The van der Waals surface area contributed by atoms with E-state index in [0.717, 1.165) is 49.4 Å². The molecule has 0 aliphatic heterocycles. The maximum Gasteiger partial charge on any atom is 0.275 e. The van der Waals surface area contributed by atoms with Gasteiger partial charge in [0.25, 0.3) is 5.56 Å². The number of hydrogen-bond acceptors (Lipinski definition) is 7. The van der Waals surface area contributed by atoms with E-state index in [9.17, 15) is 14.9 Å². The van der Waals surface area contributed by atoms with Crippen LogP contribution in [0.2, 0.25) is 5.02 Å². The van der Waals surface area contributed by atoms with Crippen molar-refractivity contribution in [2.24, 2.45) is 0 Å². The topological polar surface area (TPSA) is 114 Å². The van der Waals surface area contributed by atoms with E-state index in [1.165, 1.54) is 22.3 Å². The molecule has 1 amide bonds. The lowest BCUT2D eigenvalue weighted by molar-refractivity contribution is -0.113. The number of carbonyl (C=O) groups excluding carboxylic acids is 1. The van der Waals surface area contributed by atoms with Gasteiger partial charge in [0.05, 0.1) is 11.3 Å². The Morgan fingerprint density at radius 2 is 2.03 bits per heavy atom. The highest BCUT2D eigenvalue weighted by Gasteiger charge is 2.21. The number of thioether (sulfide) groups is 1. The highest BCUT2D eigenvalue weighted by molar-refractivity contribution is 7.99. The predicted molar refractivity (Wildman–Crippen MR) is 129 cm³/mol. The number of halogens is 1. The summed E-state index contributed by atoms with van der Waals surface area (Å²) in [5.41, 5.74) is 7.92. The number of rotatable bonds is 5. The van der Waals surface area contributed by atoms with Gasteiger partial charge < -0.3 is 11.1 Å². The normalized spacial score (nSPS) is 13.1. The lowest BCUT2D eigenvalue weighted by Crippen LogP contribution is -2.19. The summed E-state index contributed by atoms with van der Waals surface area (Å²) >= 11 is 8.56. The molecule has 0 bridgehead atoms. The fourth-order valence-electron chi connectivity index (χ4n) is 3.67. The van der Waals surface area contributed by atoms with Crippen molar-refractivity contribution in [3.8, 4) is 11.8 Å². The second-order valence-corrected chi connectivity index (χ2v) is 9.81. The molecule has 3 N–H and O–H groups in total. The number of nitrogens with two attached hydrogens (primary N) is 1. The van der Waals surface area contributed by atoms with Crippen molar-refractivity contribution in [1.82, 2.24) is 9.55 Å². The van der Waals surface area contributed by atoms with E-state index in [-0.39, 0.29) is 17.5 Å². The van der Waals surface area contributed by atoms with Gasteiger partial charge in [-0.25, -0.2) is 0 Å². The van der Waals surface area contributed by atoms with E-state index in [4.69, 9.17) is 17.3 Å². The molecule has 0 saturated heterocycles. The number of nitriles is 1. The first kappa shape index (κ1) is 22.4. The molecule has 32 heavy (non-hydrogen) atoms. The molecule has 2 heterocycles. The molecule has 1 aromatic carbocycles. The van der Waals surface area contributed by atoms with Gasteiger partial charge in [-0.3, -0.25) is 14.2 Å². The van der Waals surface area contributed by atoms with Gasteiger partial charge in [0.15, 0.2) is 5.16 Å². The summed E-state index contributed by atoms with van der Waals surface area (Å²) < 4.78 is 1.60. The summed E-state index contributed by atoms with van der Waals surface area (Å²) in [6.45, 7) is 0. The highest BCUT2D eigenvalue weighted by atomic mass is 35.5. The van der Waals surface area contributed by atoms with Gasteiger partial charge in [-0.2, -0.15) is 10.2 Å². The van der Waals surface area contributed by atoms with Crippen LogP contribution < -0.4 is 16.6 Å². The van der Waals surface area contributed by atoms with Gasteiger partial charge in [-0.1, -0.05) is 29.8 Å². The van der Waals surface area contributed by atoms with Crippen LogP contribution in [0, 0.1) is 11.3 Å². The summed E-state index contributed by atoms with van der Waals surface area (Å²) in [6, 6.07) is 10.4. The molecular formula is C22H20ClN5O2S2. The molecule has 164 valence electrons. The number of amides is 1. The largest absolute Gasteiger partial charge is 0.385 e. The highest BCUT2D eigenvalue weighted by Crippen LogP contribution is 2.37. The molecule has 1 aliphatic rings. The van der Waals surface area contributed by atoms with Crippen LogP contribution in [0.15, 0.2) is 40.3 Å². The quantitative estimate of drug-likeness (QED) is 0.314. The molecule has 0 atom stereocenters. The molecule has 1 aliphatic carbocycles. The number of fused-ring (bicyclic) bond motifs is 1. The molecule has 2 aromatic heterocycles. The molecule has 10 heteroatoms. The maximum absolute atomic E-state index is 12.7. The molecule has 0 radical (unpaired) electrons. The van der Waals surface area contributed by atoms with Crippen LogP contribution in [0.1, 0.15) is 35.3 Å². The fraction of sp³-hybridized carbons (Fsp3) is 0.273. The minimum atomic E-state index is -0.482. The molecule has 3 aromatic rings. The van der Waals surface area contributed by atoms with E-state index >= 15 is 0 Å². The molecule has 0 spiro atoms. The number of nitrogens with zero attached hydrogens (tertiary/aromatic N) is 3. The standard InChI is InChI=1S/C22H20ClN5O2S2/c23-13-6-8-14(9-7-13)28-18(25)10-19(29)27-22(28)31-12-20(30)26-21-16(11-24)15-4-2-1-3-5-17(15)32-21/h6-10H,1-5,12,25H2,(H,26,30). The summed E-state index contributed by atoms with van der Waals surface area (Å²) in [6.07, 6.45) is 5.14. The van der Waals surface area contributed by atoms with Gasteiger partial charge >= 0.3 is 0 Å². The summed E-state index contributed by atoms with van der Waals surface area (Å²) in [5.74, 6) is -0.0528. The Balaban J connectivity index is 1.54. The van der Waals surface area contributed by atoms with Crippen LogP contribution in [0.3, 0.4) is 0 Å². The van der Waals surface area contributed by atoms with Gasteiger partial charge in [0.1, 0.15) is 16.9 Å². The Hall–Kier alpha value is -2.80. The van der Waals surface area contributed by atoms with Crippen molar-refractivity contribution in [2.75, 3.05) is 16.8 Å². The third-order valence-corrected chi connectivity index (χ3v) is 7.53. The van der Waals surface area contributed by atoms with E-state index in [2.05, 4.69) is 16.4 Å². The van der Waals surface area contributed by atoms with Gasteiger partial charge in [-0.05, 0) is 55.5 Å². The number of aryl methyl sites for hydroxylation is 1. The zero-order chi connectivity index (χ0) is 22.7. The minimum Gasteiger partial charge on any atom is -0.385 e. The van der Waals surface area contributed by atoms with E-state index in [1.54, 1.807) is 28.8 Å². The van der Waals surface area contributed by atoms with Crippen molar-refractivity contribution in [1.29, 1.82) is 5.26 Å². The Morgan fingerprint density at radius 3 is 2.78 bits per heavy atom. The van der Waals surface area contributed by atoms with Crippen molar-refractivity contribution in [3.05, 3.63) is 61.7 Å². The number of anilines is 2. The fourth-order valence-corrected chi connectivity index (χ4v) is 5.88. The third-order valence-electron chi connectivity index (χ3n) is 5.13. The Labute approximate surface area is 198 Å². The Morgan fingerprint density at radius 1 is 1.28 bits per heavy atom. The van der Waals surface area contributed by atoms with Gasteiger partial charge in [0, 0.05) is 21.7 Å². The Kier molecular flexibility index (Phi) is 6.84. The molecule has 0 unspecified atom stereocenters. The van der Waals surface area contributed by atoms with Crippen LogP contribution in [0.5, 0.6) is 0 Å². The first-order valence-electron chi connectivity index (χ1n) is 10.1. The van der Waals surface area contributed by atoms with Crippen molar-refractivity contribution >= 4 is 51.4 Å². The van der Waals surface area contributed by atoms with E-state index in [1.807, 2.05) is 0 Å². The average molecular weight is 486 g/mol. The second-order valence-electron chi connectivity index (χ2n) is 7.33. The monoisotopic (exact) mass is 485 g/mol. The zero-order valence-electron chi connectivity index (χ0n) is 17.1. The Bertz CT molecular complexity index is 1260. The van der Waals surface area contributed by atoms with E-state index in [0.29, 0.717) is 26.4 Å². The number of hydrogen-bond donors (Lipinski definition) is 2. The van der Waals surface area contributed by atoms with E-state index < -0.39 is 5.56 Å². The minimum absolute atomic E-state index is 0.0108. The number of carbonyl (C=O) groups is 1. The van der Waals surface area contributed by atoms with Crippen molar-refractivity contribution < 1.29 is 4.79 Å². The lowest BCUT2D eigenvalue weighted by Gasteiger charge is -2.14. The molecule has 0 fully saturated rings. The smallest absolute Gasteiger partial charge is 0.275 e. The lowest BCUT2D eigenvalue weighted by atomic mass is 10.1. The first-order valence-corrected chi connectivity index (χ1v) is 12.3. The van der Waals surface area contributed by atoms with Gasteiger partial charge in [-0.15, -0.1) is 11.3 Å². The number of nitrogens with one attached hydrogen (secondary N) is 1. The predicted octanol–water partition coefficient (Wildman–Crippen LogP) is 4.40. The number of aromatic nitrogens is 2. The second kappa shape index (κ2) is 9.77. The summed E-state index contributed by atoms with van der Waals surface area (Å²) in [7, 11) is 0. The van der Waals surface area contributed by atoms with Gasteiger partial charge in [0.2, 0.25) is 5.91 Å². The van der Waals surface area contributed by atoms with Crippen LogP contribution in [-0.4, -0.2) is 21.2 Å². The van der Waals surface area contributed by atoms with Crippen molar-refractivity contribution in [2.45, 2.75) is 37.3 Å². The molecular weight excluding hydrogens is 466 g/mol. The maximum atomic E-state index is 12.7. The number of nitrogen functional groups attached to an aromatic ring is 1. The SMILES string of the molecule is N#Cc1c(NC(=O)CSc2nc(=O)cc(N)n2-c2ccc(Cl)cc2)sc2c1CCCCC2. The third kappa shape index (κ3) is 4.83.